The van der Waals surface area contributed by atoms with Crippen molar-refractivity contribution in [3.8, 4) is 0 Å². The molecule has 92 valence electrons. The van der Waals surface area contributed by atoms with Gasteiger partial charge in [-0.15, -0.1) is 0 Å². The van der Waals surface area contributed by atoms with Gasteiger partial charge in [-0.1, -0.05) is 29.8 Å². The van der Waals surface area contributed by atoms with Gasteiger partial charge in [-0.25, -0.2) is 0 Å². The van der Waals surface area contributed by atoms with Crippen molar-refractivity contribution in [2.24, 2.45) is 0 Å². The zero-order chi connectivity index (χ0) is 12.3. The fourth-order valence-corrected chi connectivity index (χ4v) is 2.16. The zero-order valence-electron chi connectivity index (χ0n) is 10.5. The summed E-state index contributed by atoms with van der Waals surface area (Å²) in [6.45, 7) is 5.05. The predicted octanol–water partition coefficient (Wildman–Crippen LogP) is 1.92. The lowest BCUT2D eigenvalue weighted by Gasteiger charge is -2.17. The Balaban J connectivity index is 1.93. The summed E-state index contributed by atoms with van der Waals surface area (Å²) in [5, 5.41) is 6.27. The highest BCUT2D eigenvalue weighted by Crippen LogP contribution is 2.14. The molecule has 0 aromatic heterocycles. The summed E-state index contributed by atoms with van der Waals surface area (Å²) in [5.74, 6) is 0.121. The van der Waals surface area contributed by atoms with E-state index in [-0.39, 0.29) is 18.0 Å². The van der Waals surface area contributed by atoms with Gasteiger partial charge in [0.25, 0.3) is 0 Å². The minimum Gasteiger partial charge on any atom is -0.348 e. The van der Waals surface area contributed by atoms with Crippen molar-refractivity contribution in [2.45, 2.75) is 38.8 Å². The molecule has 0 saturated carbocycles. The lowest BCUT2D eigenvalue weighted by atomic mass is 10.1. The molecular weight excluding hydrogens is 212 g/mol. The fourth-order valence-electron chi connectivity index (χ4n) is 2.16. The molecule has 1 aromatic carbocycles. The second-order valence-electron chi connectivity index (χ2n) is 4.79. The zero-order valence-corrected chi connectivity index (χ0v) is 10.5. The molecule has 0 radical (unpaired) electrons. The van der Waals surface area contributed by atoms with E-state index in [2.05, 4.69) is 41.8 Å². The lowest BCUT2D eigenvalue weighted by molar-refractivity contribution is -0.123. The molecule has 1 fully saturated rings. The first-order chi connectivity index (χ1) is 8.16. The van der Waals surface area contributed by atoms with Crippen LogP contribution in [0.3, 0.4) is 0 Å². The lowest BCUT2D eigenvalue weighted by Crippen LogP contribution is -2.41. The van der Waals surface area contributed by atoms with Crippen molar-refractivity contribution in [3.63, 3.8) is 0 Å². The van der Waals surface area contributed by atoms with Gasteiger partial charge in [0.1, 0.15) is 0 Å². The van der Waals surface area contributed by atoms with E-state index in [0.29, 0.717) is 0 Å². The van der Waals surface area contributed by atoms with Gasteiger partial charge in [0, 0.05) is 0 Å². The molecule has 17 heavy (non-hydrogen) atoms. The SMILES string of the molecule is Cc1ccc(C(C)NC(=O)C2CCCN2)cc1. The third kappa shape index (κ3) is 3.07. The maximum absolute atomic E-state index is 11.9. The highest BCUT2D eigenvalue weighted by molar-refractivity contribution is 5.82. The van der Waals surface area contributed by atoms with Gasteiger partial charge in [0.05, 0.1) is 12.1 Å². The minimum absolute atomic E-state index is 0.00268. The van der Waals surface area contributed by atoms with Gasteiger partial charge in [-0.3, -0.25) is 4.79 Å². The second-order valence-corrected chi connectivity index (χ2v) is 4.79. The van der Waals surface area contributed by atoms with Crippen LogP contribution in [-0.2, 0) is 4.79 Å². The number of nitrogens with one attached hydrogen (secondary N) is 2. The summed E-state index contributed by atoms with van der Waals surface area (Å²) in [5.41, 5.74) is 2.40. The van der Waals surface area contributed by atoms with Gasteiger partial charge in [-0.2, -0.15) is 0 Å². The summed E-state index contributed by atoms with van der Waals surface area (Å²) in [6.07, 6.45) is 2.05. The van der Waals surface area contributed by atoms with Gasteiger partial charge >= 0.3 is 0 Å². The average Bonchev–Trinajstić information content (AvgIpc) is 2.83. The third-order valence-electron chi connectivity index (χ3n) is 3.31. The van der Waals surface area contributed by atoms with Crippen LogP contribution in [0.4, 0.5) is 0 Å². The van der Waals surface area contributed by atoms with Crippen molar-refractivity contribution in [3.05, 3.63) is 35.4 Å². The van der Waals surface area contributed by atoms with Crippen molar-refractivity contribution in [1.82, 2.24) is 10.6 Å². The van der Waals surface area contributed by atoms with Crippen LogP contribution in [0, 0.1) is 6.92 Å². The highest BCUT2D eigenvalue weighted by atomic mass is 16.2. The number of hydrogen-bond acceptors (Lipinski definition) is 2. The standard InChI is InChI=1S/C14H20N2O/c1-10-5-7-12(8-6-10)11(2)16-14(17)13-4-3-9-15-13/h5-8,11,13,15H,3-4,9H2,1-2H3,(H,16,17). The van der Waals surface area contributed by atoms with Crippen LogP contribution < -0.4 is 10.6 Å². The number of amides is 1. The molecular formula is C14H20N2O. The summed E-state index contributed by atoms with van der Waals surface area (Å²) in [7, 11) is 0. The van der Waals surface area contributed by atoms with E-state index in [4.69, 9.17) is 0 Å². The quantitative estimate of drug-likeness (QED) is 0.836. The van der Waals surface area contributed by atoms with Crippen molar-refractivity contribution in [2.75, 3.05) is 6.54 Å². The van der Waals surface area contributed by atoms with E-state index in [9.17, 15) is 4.79 Å². The van der Waals surface area contributed by atoms with E-state index >= 15 is 0 Å². The highest BCUT2D eigenvalue weighted by Gasteiger charge is 2.23. The molecule has 0 spiro atoms. The smallest absolute Gasteiger partial charge is 0.237 e. The number of hydrogen-bond donors (Lipinski definition) is 2. The molecule has 1 amide bonds. The molecule has 2 rings (SSSR count). The Labute approximate surface area is 103 Å². The molecule has 1 aliphatic heterocycles. The molecule has 2 unspecified atom stereocenters. The number of benzene rings is 1. The van der Waals surface area contributed by atoms with Crippen LogP contribution in [0.25, 0.3) is 0 Å². The van der Waals surface area contributed by atoms with Crippen molar-refractivity contribution < 1.29 is 4.79 Å². The molecule has 3 nitrogen and oxygen atoms in total. The van der Waals surface area contributed by atoms with Crippen LogP contribution in [0.1, 0.15) is 36.9 Å². The Bertz CT molecular complexity index is 380. The van der Waals surface area contributed by atoms with E-state index in [1.807, 2.05) is 6.92 Å². The maximum atomic E-state index is 11.9. The Morgan fingerprint density at radius 1 is 1.41 bits per heavy atom. The normalized spacial score (nSPS) is 21.2. The molecule has 1 saturated heterocycles. The van der Waals surface area contributed by atoms with E-state index in [1.54, 1.807) is 0 Å². The molecule has 3 heteroatoms. The van der Waals surface area contributed by atoms with Gasteiger partial charge < -0.3 is 10.6 Å². The van der Waals surface area contributed by atoms with Gasteiger partial charge in [0.2, 0.25) is 5.91 Å². The average molecular weight is 232 g/mol. The predicted molar refractivity (Wildman–Crippen MR) is 68.8 cm³/mol. The van der Waals surface area contributed by atoms with Gasteiger partial charge in [-0.05, 0) is 38.8 Å². The van der Waals surface area contributed by atoms with Crippen molar-refractivity contribution >= 4 is 5.91 Å². The molecule has 2 atom stereocenters. The Hall–Kier alpha value is -1.35. The summed E-state index contributed by atoms with van der Waals surface area (Å²) in [4.78, 5) is 11.9. The molecule has 0 aliphatic carbocycles. The Morgan fingerprint density at radius 2 is 2.12 bits per heavy atom. The minimum atomic E-state index is 0.00268. The molecule has 0 bridgehead atoms. The first-order valence-electron chi connectivity index (χ1n) is 6.27. The number of rotatable bonds is 3. The van der Waals surface area contributed by atoms with Crippen LogP contribution in [0.15, 0.2) is 24.3 Å². The van der Waals surface area contributed by atoms with Crippen molar-refractivity contribution in [1.29, 1.82) is 0 Å². The summed E-state index contributed by atoms with van der Waals surface area (Å²) in [6, 6.07) is 8.37. The number of aryl methyl sites for hydroxylation is 1. The molecule has 1 aliphatic rings. The Morgan fingerprint density at radius 3 is 2.71 bits per heavy atom. The topological polar surface area (TPSA) is 41.1 Å². The first-order valence-corrected chi connectivity index (χ1v) is 6.27. The van der Waals surface area contributed by atoms with Crippen LogP contribution >= 0.6 is 0 Å². The van der Waals surface area contributed by atoms with E-state index in [1.165, 1.54) is 5.56 Å². The summed E-state index contributed by atoms with van der Waals surface area (Å²) < 4.78 is 0. The van der Waals surface area contributed by atoms with Crippen LogP contribution in [-0.4, -0.2) is 18.5 Å². The largest absolute Gasteiger partial charge is 0.348 e. The number of carbonyl (C=O) groups is 1. The van der Waals surface area contributed by atoms with Crippen LogP contribution in [0.2, 0.25) is 0 Å². The summed E-state index contributed by atoms with van der Waals surface area (Å²) >= 11 is 0. The van der Waals surface area contributed by atoms with E-state index in [0.717, 1.165) is 24.9 Å². The van der Waals surface area contributed by atoms with Gasteiger partial charge in [0.15, 0.2) is 0 Å². The second kappa shape index (κ2) is 5.32. The first kappa shape index (κ1) is 12.1. The molecule has 1 aromatic rings. The molecule has 1 heterocycles. The van der Waals surface area contributed by atoms with E-state index < -0.39 is 0 Å². The molecule has 2 N–H and O–H groups in total. The maximum Gasteiger partial charge on any atom is 0.237 e. The van der Waals surface area contributed by atoms with Crippen LogP contribution in [0.5, 0.6) is 0 Å². The third-order valence-corrected chi connectivity index (χ3v) is 3.31. The fraction of sp³-hybridized carbons (Fsp3) is 0.500. The monoisotopic (exact) mass is 232 g/mol. The Kier molecular flexibility index (Phi) is 3.79. The number of carbonyl (C=O) groups excluding carboxylic acids is 1.